The van der Waals surface area contributed by atoms with Crippen molar-refractivity contribution in [1.82, 2.24) is 0 Å². The summed E-state index contributed by atoms with van der Waals surface area (Å²) in [4.78, 5) is 9.82. The second-order valence-corrected chi connectivity index (χ2v) is 6.33. The van der Waals surface area contributed by atoms with E-state index in [0.717, 1.165) is 11.1 Å². The Morgan fingerprint density at radius 2 is 1.41 bits per heavy atom. The molecule has 0 atom stereocenters. The van der Waals surface area contributed by atoms with Crippen molar-refractivity contribution < 1.29 is 9.53 Å². The van der Waals surface area contributed by atoms with Crippen LogP contribution in [-0.4, -0.2) is 12.6 Å². The largest absolute Gasteiger partial charge is 0.466 e. The Labute approximate surface area is 171 Å². The Morgan fingerprint density at radius 1 is 0.852 bits per heavy atom. The van der Waals surface area contributed by atoms with Gasteiger partial charge in [0.2, 0.25) is 0 Å². The molecule has 0 aromatic heterocycles. The molecule has 142 valence electrons. The molecule has 0 fully saturated rings. The summed E-state index contributed by atoms with van der Waals surface area (Å²) in [7, 11) is 0. The normalized spacial score (nSPS) is 9.22. The standard InChI is InChI=1S/C12H8Cl2.C7H8.C4H8O2/c13-11-8-4-7-10(12(11)14)9-5-2-1-3-6-9;1-7-5-3-2-4-6-7;1-3-6-4(2)5/h1-8H;2-6H,1H3;3H2,1-2H3. The van der Waals surface area contributed by atoms with Gasteiger partial charge in [0, 0.05) is 12.5 Å². The van der Waals surface area contributed by atoms with Crippen LogP contribution < -0.4 is 0 Å². The van der Waals surface area contributed by atoms with E-state index in [4.69, 9.17) is 23.2 Å². The lowest BCUT2D eigenvalue weighted by molar-refractivity contribution is -0.140. The highest BCUT2D eigenvalue weighted by atomic mass is 35.5. The first-order chi connectivity index (χ1) is 13.0. The number of hydrogen-bond acceptors (Lipinski definition) is 2. The molecule has 0 bridgehead atoms. The molecule has 3 rings (SSSR count). The first-order valence-electron chi connectivity index (χ1n) is 8.60. The van der Waals surface area contributed by atoms with Gasteiger partial charge in [-0.15, -0.1) is 0 Å². The molecule has 0 saturated heterocycles. The number of halogens is 2. The molecule has 0 saturated carbocycles. The third-order valence-electron chi connectivity index (χ3n) is 3.32. The second kappa shape index (κ2) is 13.0. The van der Waals surface area contributed by atoms with Crippen LogP contribution in [0.2, 0.25) is 10.0 Å². The highest BCUT2D eigenvalue weighted by molar-refractivity contribution is 6.43. The predicted molar refractivity (Wildman–Crippen MR) is 115 cm³/mol. The number of aryl methyl sites for hydroxylation is 1. The van der Waals surface area contributed by atoms with Gasteiger partial charge >= 0.3 is 5.97 Å². The van der Waals surface area contributed by atoms with Gasteiger partial charge < -0.3 is 4.74 Å². The summed E-state index contributed by atoms with van der Waals surface area (Å²) in [6.45, 7) is 5.74. The van der Waals surface area contributed by atoms with Crippen molar-refractivity contribution in [2.24, 2.45) is 0 Å². The maximum atomic E-state index is 9.82. The van der Waals surface area contributed by atoms with Crippen LogP contribution in [0.3, 0.4) is 0 Å². The van der Waals surface area contributed by atoms with E-state index in [1.807, 2.05) is 60.7 Å². The third-order valence-corrected chi connectivity index (χ3v) is 4.14. The molecule has 0 radical (unpaired) electrons. The smallest absolute Gasteiger partial charge is 0.302 e. The Hall–Kier alpha value is -2.29. The van der Waals surface area contributed by atoms with Crippen LogP contribution in [0.1, 0.15) is 19.4 Å². The van der Waals surface area contributed by atoms with Crippen molar-refractivity contribution in [1.29, 1.82) is 0 Å². The van der Waals surface area contributed by atoms with E-state index < -0.39 is 0 Å². The van der Waals surface area contributed by atoms with Crippen LogP contribution >= 0.6 is 23.2 Å². The summed E-state index contributed by atoms with van der Waals surface area (Å²) in [5, 5.41) is 1.20. The molecule has 3 aromatic rings. The summed E-state index contributed by atoms with van der Waals surface area (Å²) in [6.07, 6.45) is 0. The van der Waals surface area contributed by atoms with Gasteiger partial charge in [-0.25, -0.2) is 0 Å². The van der Waals surface area contributed by atoms with Gasteiger partial charge in [0.05, 0.1) is 16.7 Å². The fourth-order valence-electron chi connectivity index (χ4n) is 2.08. The molecule has 27 heavy (non-hydrogen) atoms. The van der Waals surface area contributed by atoms with Crippen LogP contribution in [0.15, 0.2) is 78.9 Å². The summed E-state index contributed by atoms with van der Waals surface area (Å²) >= 11 is 12.0. The van der Waals surface area contributed by atoms with Gasteiger partial charge in [0.1, 0.15) is 0 Å². The fourth-order valence-corrected chi connectivity index (χ4v) is 2.49. The Balaban J connectivity index is 0.000000235. The van der Waals surface area contributed by atoms with Crippen LogP contribution in [0, 0.1) is 6.92 Å². The summed E-state index contributed by atoms with van der Waals surface area (Å²) in [5.74, 6) is -0.211. The molecule has 0 N–H and O–H groups in total. The second-order valence-electron chi connectivity index (χ2n) is 5.55. The maximum absolute atomic E-state index is 9.82. The Bertz CT molecular complexity index is 803. The lowest BCUT2D eigenvalue weighted by Crippen LogP contribution is -1.95. The summed E-state index contributed by atoms with van der Waals surface area (Å²) in [6, 6.07) is 25.9. The lowest BCUT2D eigenvalue weighted by Gasteiger charge is -2.04. The van der Waals surface area contributed by atoms with Gasteiger partial charge in [-0.1, -0.05) is 102 Å². The number of ether oxygens (including phenoxy) is 1. The molecule has 0 aliphatic heterocycles. The number of carbonyl (C=O) groups is 1. The third kappa shape index (κ3) is 9.28. The fraction of sp³-hybridized carbons (Fsp3) is 0.174. The highest BCUT2D eigenvalue weighted by Crippen LogP contribution is 2.32. The molecule has 3 aromatic carbocycles. The van der Waals surface area contributed by atoms with E-state index in [-0.39, 0.29) is 5.97 Å². The molecular weight excluding hydrogens is 379 g/mol. The molecule has 0 aliphatic carbocycles. The van der Waals surface area contributed by atoms with Crippen molar-refractivity contribution in [3.63, 3.8) is 0 Å². The van der Waals surface area contributed by atoms with Crippen molar-refractivity contribution in [2.45, 2.75) is 20.8 Å². The number of esters is 1. The Kier molecular flexibility index (Phi) is 10.9. The molecule has 0 heterocycles. The van der Waals surface area contributed by atoms with Crippen LogP contribution in [0.5, 0.6) is 0 Å². The molecular formula is C23H24Cl2O2. The lowest BCUT2D eigenvalue weighted by atomic mass is 10.1. The minimum Gasteiger partial charge on any atom is -0.466 e. The molecule has 0 aliphatic rings. The van der Waals surface area contributed by atoms with Crippen LogP contribution in [0.25, 0.3) is 11.1 Å². The van der Waals surface area contributed by atoms with E-state index in [0.29, 0.717) is 16.7 Å². The molecule has 2 nitrogen and oxygen atoms in total. The molecule has 0 unspecified atom stereocenters. The minimum atomic E-state index is -0.211. The van der Waals surface area contributed by atoms with E-state index in [2.05, 4.69) is 23.8 Å². The first kappa shape index (κ1) is 22.8. The van der Waals surface area contributed by atoms with Gasteiger partial charge in [-0.05, 0) is 25.5 Å². The average molecular weight is 403 g/mol. The van der Waals surface area contributed by atoms with E-state index in [1.165, 1.54) is 12.5 Å². The van der Waals surface area contributed by atoms with Crippen molar-refractivity contribution in [3.8, 4) is 11.1 Å². The summed E-state index contributed by atoms with van der Waals surface area (Å²) in [5.41, 5.74) is 3.38. The van der Waals surface area contributed by atoms with Crippen LogP contribution in [0.4, 0.5) is 0 Å². The van der Waals surface area contributed by atoms with E-state index in [9.17, 15) is 4.79 Å². The SMILES string of the molecule is CCOC(C)=O.Cc1ccccc1.Clc1cccc(-c2ccccc2)c1Cl. The quantitative estimate of drug-likeness (QED) is 0.422. The number of benzene rings is 3. The Morgan fingerprint density at radius 3 is 1.81 bits per heavy atom. The van der Waals surface area contributed by atoms with Crippen molar-refractivity contribution >= 4 is 29.2 Å². The number of rotatable bonds is 2. The molecule has 0 amide bonds. The van der Waals surface area contributed by atoms with Gasteiger partial charge in [-0.2, -0.15) is 0 Å². The van der Waals surface area contributed by atoms with Crippen molar-refractivity contribution in [2.75, 3.05) is 6.61 Å². The number of hydrogen-bond donors (Lipinski definition) is 0. The first-order valence-corrected chi connectivity index (χ1v) is 9.35. The molecule has 4 heteroatoms. The monoisotopic (exact) mass is 402 g/mol. The van der Waals surface area contributed by atoms with E-state index in [1.54, 1.807) is 13.0 Å². The number of carbonyl (C=O) groups excluding carboxylic acids is 1. The zero-order valence-corrected chi connectivity index (χ0v) is 17.3. The zero-order valence-electron chi connectivity index (χ0n) is 15.8. The predicted octanol–water partition coefficient (Wildman–Crippen LogP) is 7.22. The maximum Gasteiger partial charge on any atom is 0.302 e. The van der Waals surface area contributed by atoms with Gasteiger partial charge in [0.15, 0.2) is 0 Å². The van der Waals surface area contributed by atoms with Crippen LogP contribution in [-0.2, 0) is 9.53 Å². The van der Waals surface area contributed by atoms with Gasteiger partial charge in [0.25, 0.3) is 0 Å². The van der Waals surface area contributed by atoms with Crippen molar-refractivity contribution in [3.05, 3.63) is 94.5 Å². The minimum absolute atomic E-state index is 0.211. The zero-order chi connectivity index (χ0) is 20.1. The topological polar surface area (TPSA) is 26.3 Å². The van der Waals surface area contributed by atoms with E-state index >= 15 is 0 Å². The van der Waals surface area contributed by atoms with Gasteiger partial charge in [-0.3, -0.25) is 4.79 Å². The average Bonchev–Trinajstić information content (AvgIpc) is 2.66. The summed E-state index contributed by atoms with van der Waals surface area (Å²) < 4.78 is 4.40. The highest BCUT2D eigenvalue weighted by Gasteiger charge is 2.05. The molecule has 0 spiro atoms.